The van der Waals surface area contributed by atoms with E-state index in [-0.39, 0.29) is 11.2 Å². The molecule has 0 radical (unpaired) electrons. The summed E-state index contributed by atoms with van der Waals surface area (Å²) in [5.74, 6) is 0.613. The molecule has 0 bridgehead atoms. The lowest BCUT2D eigenvalue weighted by molar-refractivity contribution is 0.626. The van der Waals surface area contributed by atoms with Crippen molar-refractivity contribution in [3.05, 3.63) is 65.2 Å². The summed E-state index contributed by atoms with van der Waals surface area (Å²) in [6, 6.07) is 12.6. The monoisotopic (exact) mass is 302 g/mol. The number of hydrogen-bond acceptors (Lipinski definition) is 1. The Morgan fingerprint density at radius 3 is 2.57 bits per heavy atom. The van der Waals surface area contributed by atoms with Crippen LogP contribution in [0.4, 0.5) is 4.39 Å². The molecule has 108 valence electrons. The number of alkyl halides is 1. The van der Waals surface area contributed by atoms with Crippen LogP contribution in [0.3, 0.4) is 0 Å². The van der Waals surface area contributed by atoms with Gasteiger partial charge in [0.1, 0.15) is 11.6 Å². The second kappa shape index (κ2) is 5.49. The van der Waals surface area contributed by atoms with Crippen molar-refractivity contribution in [3.8, 4) is 0 Å². The first-order valence-electron chi connectivity index (χ1n) is 6.90. The van der Waals surface area contributed by atoms with Crippen molar-refractivity contribution in [1.29, 1.82) is 0 Å². The molecule has 0 spiro atoms. The summed E-state index contributed by atoms with van der Waals surface area (Å²) < 4.78 is 15.2. The van der Waals surface area contributed by atoms with Gasteiger partial charge in [0.05, 0.1) is 16.4 Å². The maximum Gasteiger partial charge on any atom is 0.128 e. The van der Waals surface area contributed by atoms with Gasteiger partial charge >= 0.3 is 0 Å². The van der Waals surface area contributed by atoms with Crippen molar-refractivity contribution in [2.45, 2.75) is 25.8 Å². The minimum atomic E-state index is -0.226. The van der Waals surface area contributed by atoms with Crippen LogP contribution in [0.2, 0.25) is 0 Å². The Morgan fingerprint density at radius 1 is 1.19 bits per heavy atom. The first kappa shape index (κ1) is 14.1. The van der Waals surface area contributed by atoms with Crippen molar-refractivity contribution in [2.24, 2.45) is 0 Å². The first-order valence-corrected chi connectivity index (χ1v) is 7.34. The lowest BCUT2D eigenvalue weighted by atomic mass is 10.2. The third kappa shape index (κ3) is 2.66. The number of imidazole rings is 1. The number of halogens is 2. The number of hydrogen-bond donors (Lipinski definition) is 0. The van der Waals surface area contributed by atoms with Crippen LogP contribution in [0.1, 0.15) is 29.3 Å². The molecule has 0 aliphatic heterocycles. The zero-order chi connectivity index (χ0) is 15.0. The maximum atomic E-state index is 13.0. The number of aryl methyl sites for hydroxylation is 1. The van der Waals surface area contributed by atoms with Crippen LogP contribution in [0.25, 0.3) is 11.0 Å². The van der Waals surface area contributed by atoms with Gasteiger partial charge < -0.3 is 4.57 Å². The normalized spacial score (nSPS) is 12.8. The van der Waals surface area contributed by atoms with Gasteiger partial charge in [-0.15, -0.1) is 11.6 Å². The van der Waals surface area contributed by atoms with E-state index in [1.165, 1.54) is 12.1 Å². The Labute approximate surface area is 128 Å². The fourth-order valence-electron chi connectivity index (χ4n) is 2.62. The summed E-state index contributed by atoms with van der Waals surface area (Å²) in [7, 11) is 0. The van der Waals surface area contributed by atoms with Crippen LogP contribution in [0, 0.1) is 12.7 Å². The van der Waals surface area contributed by atoms with E-state index in [1.54, 1.807) is 12.1 Å². The minimum absolute atomic E-state index is 0.183. The van der Waals surface area contributed by atoms with Crippen molar-refractivity contribution < 1.29 is 4.39 Å². The van der Waals surface area contributed by atoms with Gasteiger partial charge in [-0.05, 0) is 43.2 Å². The molecule has 0 fully saturated rings. The molecule has 21 heavy (non-hydrogen) atoms. The standard InChI is InChI=1S/C17H16ClFN2/c1-11-4-3-5-15-16(11)21(17(20-15)12(2)18)10-13-6-8-14(19)9-7-13/h3-9,12H,10H2,1-2H3. The summed E-state index contributed by atoms with van der Waals surface area (Å²) in [6.07, 6.45) is 0. The van der Waals surface area contributed by atoms with Crippen LogP contribution < -0.4 is 0 Å². The summed E-state index contributed by atoms with van der Waals surface area (Å²) in [4.78, 5) is 4.64. The Kier molecular flexibility index (Phi) is 3.68. The number of nitrogens with zero attached hydrogens (tertiary/aromatic N) is 2. The third-order valence-corrected chi connectivity index (χ3v) is 3.80. The number of fused-ring (bicyclic) bond motifs is 1. The molecule has 0 saturated carbocycles. The first-order chi connectivity index (χ1) is 10.1. The summed E-state index contributed by atoms with van der Waals surface area (Å²) >= 11 is 6.28. The fraction of sp³-hybridized carbons (Fsp3) is 0.235. The molecule has 1 heterocycles. The van der Waals surface area contributed by atoms with Crippen molar-refractivity contribution in [3.63, 3.8) is 0 Å². The second-order valence-corrected chi connectivity index (χ2v) is 5.90. The molecule has 3 rings (SSSR count). The molecule has 2 nitrogen and oxygen atoms in total. The SMILES string of the molecule is Cc1cccc2nc(C(C)Cl)n(Cc3ccc(F)cc3)c12. The molecule has 1 aromatic heterocycles. The van der Waals surface area contributed by atoms with E-state index in [1.807, 2.05) is 19.1 Å². The van der Waals surface area contributed by atoms with Crippen LogP contribution in [-0.2, 0) is 6.54 Å². The van der Waals surface area contributed by atoms with E-state index in [4.69, 9.17) is 11.6 Å². The smallest absolute Gasteiger partial charge is 0.128 e. The number of aromatic nitrogens is 2. The average molecular weight is 303 g/mol. The van der Waals surface area contributed by atoms with E-state index < -0.39 is 0 Å². The highest BCUT2D eigenvalue weighted by atomic mass is 35.5. The van der Waals surface area contributed by atoms with Gasteiger partial charge in [-0.3, -0.25) is 0 Å². The molecule has 0 aliphatic carbocycles. The number of benzene rings is 2. The predicted octanol–water partition coefficient (Wildman–Crippen LogP) is 4.83. The summed E-state index contributed by atoms with van der Waals surface area (Å²) in [5, 5.41) is -0.183. The van der Waals surface area contributed by atoms with Crippen LogP contribution in [0.5, 0.6) is 0 Å². The molecule has 0 N–H and O–H groups in total. The molecular formula is C17H16ClFN2. The second-order valence-electron chi connectivity index (χ2n) is 5.24. The quantitative estimate of drug-likeness (QED) is 0.634. The maximum absolute atomic E-state index is 13.0. The van der Waals surface area contributed by atoms with E-state index in [0.29, 0.717) is 6.54 Å². The lowest BCUT2D eigenvalue weighted by Gasteiger charge is -2.12. The third-order valence-electron chi connectivity index (χ3n) is 3.61. The van der Waals surface area contributed by atoms with Crippen molar-refractivity contribution in [2.75, 3.05) is 0 Å². The molecule has 1 atom stereocenters. The fourth-order valence-corrected chi connectivity index (χ4v) is 2.79. The van der Waals surface area contributed by atoms with E-state index in [0.717, 1.165) is 28.0 Å². The predicted molar refractivity (Wildman–Crippen MR) is 84.2 cm³/mol. The molecule has 2 aromatic carbocycles. The van der Waals surface area contributed by atoms with Gasteiger partial charge in [-0.2, -0.15) is 0 Å². The summed E-state index contributed by atoms with van der Waals surface area (Å²) in [5.41, 5.74) is 4.21. The van der Waals surface area contributed by atoms with Gasteiger partial charge in [0.2, 0.25) is 0 Å². The van der Waals surface area contributed by atoms with Gasteiger partial charge in [0.25, 0.3) is 0 Å². The van der Waals surface area contributed by atoms with Crippen molar-refractivity contribution in [1.82, 2.24) is 9.55 Å². The molecule has 0 amide bonds. The molecule has 1 unspecified atom stereocenters. The molecule has 3 aromatic rings. The van der Waals surface area contributed by atoms with E-state index >= 15 is 0 Å². The highest BCUT2D eigenvalue weighted by Gasteiger charge is 2.16. The molecule has 0 saturated heterocycles. The van der Waals surface area contributed by atoms with Gasteiger partial charge in [0, 0.05) is 6.54 Å². The van der Waals surface area contributed by atoms with Crippen LogP contribution >= 0.6 is 11.6 Å². The van der Waals surface area contributed by atoms with Crippen LogP contribution in [0.15, 0.2) is 42.5 Å². The Hall–Kier alpha value is -1.87. The Bertz CT molecular complexity index is 775. The van der Waals surface area contributed by atoms with Crippen molar-refractivity contribution >= 4 is 22.6 Å². The van der Waals surface area contributed by atoms with E-state index in [9.17, 15) is 4.39 Å². The molecular weight excluding hydrogens is 287 g/mol. The highest BCUT2D eigenvalue weighted by molar-refractivity contribution is 6.20. The minimum Gasteiger partial charge on any atom is -0.322 e. The van der Waals surface area contributed by atoms with Crippen LogP contribution in [-0.4, -0.2) is 9.55 Å². The Morgan fingerprint density at radius 2 is 1.90 bits per heavy atom. The van der Waals surface area contributed by atoms with E-state index in [2.05, 4.69) is 22.5 Å². The van der Waals surface area contributed by atoms with Gasteiger partial charge in [0.15, 0.2) is 0 Å². The topological polar surface area (TPSA) is 17.8 Å². The zero-order valence-corrected chi connectivity index (χ0v) is 12.7. The zero-order valence-electron chi connectivity index (χ0n) is 12.0. The van der Waals surface area contributed by atoms with Gasteiger partial charge in [-0.25, -0.2) is 9.37 Å². The average Bonchev–Trinajstić information content (AvgIpc) is 2.82. The number of rotatable bonds is 3. The molecule has 0 aliphatic rings. The highest BCUT2D eigenvalue weighted by Crippen LogP contribution is 2.27. The lowest BCUT2D eigenvalue weighted by Crippen LogP contribution is -2.06. The van der Waals surface area contributed by atoms with Gasteiger partial charge in [-0.1, -0.05) is 24.3 Å². The number of para-hydroxylation sites is 1. The largest absolute Gasteiger partial charge is 0.322 e. The summed E-state index contributed by atoms with van der Waals surface area (Å²) in [6.45, 7) is 4.61. The molecule has 4 heteroatoms. The Balaban J connectivity index is 2.15.